The van der Waals surface area contributed by atoms with Gasteiger partial charge in [-0.2, -0.15) is 0 Å². The molecule has 0 aliphatic carbocycles. The fraction of sp³-hybridized carbons (Fsp3) is 0.947. The van der Waals surface area contributed by atoms with Crippen molar-refractivity contribution in [1.29, 1.82) is 0 Å². The van der Waals surface area contributed by atoms with E-state index in [9.17, 15) is 4.79 Å². The van der Waals surface area contributed by atoms with Gasteiger partial charge in [-0.3, -0.25) is 4.79 Å². The molecule has 3 heteroatoms. The molecule has 1 rings (SSSR count). The van der Waals surface area contributed by atoms with Crippen LogP contribution in [0.5, 0.6) is 0 Å². The van der Waals surface area contributed by atoms with Gasteiger partial charge in [-0.1, -0.05) is 45.4 Å². The van der Waals surface area contributed by atoms with E-state index >= 15 is 0 Å². The summed E-state index contributed by atoms with van der Waals surface area (Å²) in [5.41, 5.74) is 0.0674. The van der Waals surface area contributed by atoms with Crippen LogP contribution in [0.3, 0.4) is 0 Å². The van der Waals surface area contributed by atoms with Crippen LogP contribution in [0.1, 0.15) is 98.8 Å². The summed E-state index contributed by atoms with van der Waals surface area (Å²) in [5.74, 6) is -0.00735. The van der Waals surface area contributed by atoms with Gasteiger partial charge in [0, 0.05) is 30.3 Å². The van der Waals surface area contributed by atoms with Crippen LogP contribution in [0, 0.1) is 0 Å². The highest BCUT2D eigenvalue weighted by molar-refractivity contribution is 5.69. The molecule has 3 nitrogen and oxygen atoms in total. The topological polar surface area (TPSA) is 38.3 Å². The Morgan fingerprint density at radius 2 is 1.45 bits per heavy atom. The first kappa shape index (κ1) is 19.5. The largest absolute Gasteiger partial charge is 0.462 e. The third-order valence-electron chi connectivity index (χ3n) is 4.44. The van der Waals surface area contributed by atoms with E-state index < -0.39 is 0 Å². The van der Waals surface area contributed by atoms with Gasteiger partial charge in [0.1, 0.15) is 6.10 Å². The fourth-order valence-corrected chi connectivity index (χ4v) is 3.78. The first-order valence-electron chi connectivity index (χ1n) is 9.23. The predicted molar refractivity (Wildman–Crippen MR) is 93.0 cm³/mol. The zero-order chi connectivity index (χ0) is 16.6. The number of nitrogens with one attached hydrogen (secondary N) is 1. The van der Waals surface area contributed by atoms with Crippen LogP contribution in [0.15, 0.2) is 0 Å². The Balaban J connectivity index is 2.19. The maximum Gasteiger partial charge on any atom is 0.306 e. The summed E-state index contributed by atoms with van der Waals surface area (Å²) in [6, 6.07) is 0. The van der Waals surface area contributed by atoms with E-state index in [1.807, 2.05) is 0 Å². The van der Waals surface area contributed by atoms with E-state index in [2.05, 4.69) is 39.9 Å². The molecule has 1 saturated heterocycles. The Labute approximate surface area is 137 Å². The summed E-state index contributed by atoms with van der Waals surface area (Å²) in [5, 5.41) is 3.62. The van der Waals surface area contributed by atoms with Crippen LogP contribution in [-0.4, -0.2) is 23.2 Å². The monoisotopic (exact) mass is 311 g/mol. The number of hydrogen-bond donors (Lipinski definition) is 1. The number of carbonyl (C=O) groups is 1. The van der Waals surface area contributed by atoms with Gasteiger partial charge in [0.05, 0.1) is 0 Å². The van der Waals surface area contributed by atoms with Crippen LogP contribution in [0.25, 0.3) is 0 Å². The lowest BCUT2D eigenvalue weighted by atomic mass is 9.81. The highest BCUT2D eigenvalue weighted by Crippen LogP contribution is 2.30. The molecular weight excluding hydrogens is 274 g/mol. The second-order valence-corrected chi connectivity index (χ2v) is 8.28. The van der Waals surface area contributed by atoms with Gasteiger partial charge in [-0.05, 0) is 34.1 Å². The lowest BCUT2D eigenvalue weighted by Crippen LogP contribution is -2.59. The van der Waals surface area contributed by atoms with Crippen LogP contribution in [0.2, 0.25) is 0 Å². The van der Waals surface area contributed by atoms with E-state index in [0.717, 1.165) is 25.7 Å². The maximum atomic E-state index is 12.0. The summed E-state index contributed by atoms with van der Waals surface area (Å²) in [6.45, 7) is 11.0. The minimum atomic E-state index is -0.00735. The summed E-state index contributed by atoms with van der Waals surface area (Å²) < 4.78 is 5.73. The van der Waals surface area contributed by atoms with Crippen molar-refractivity contribution in [2.45, 2.75) is 116 Å². The Kier molecular flexibility index (Phi) is 7.88. The van der Waals surface area contributed by atoms with Crippen molar-refractivity contribution in [2.24, 2.45) is 0 Å². The van der Waals surface area contributed by atoms with Crippen molar-refractivity contribution in [2.75, 3.05) is 0 Å². The molecule has 0 unspecified atom stereocenters. The highest BCUT2D eigenvalue weighted by Gasteiger charge is 2.39. The lowest BCUT2D eigenvalue weighted by molar-refractivity contribution is -0.153. The molecule has 0 aromatic rings. The van der Waals surface area contributed by atoms with Gasteiger partial charge in [-0.25, -0.2) is 0 Å². The van der Waals surface area contributed by atoms with Crippen molar-refractivity contribution in [3.8, 4) is 0 Å². The molecule has 1 N–H and O–H groups in total. The van der Waals surface area contributed by atoms with E-state index in [1.54, 1.807) is 0 Å². The summed E-state index contributed by atoms with van der Waals surface area (Å²) in [7, 11) is 0. The van der Waals surface area contributed by atoms with Crippen LogP contribution in [0.4, 0.5) is 0 Å². The van der Waals surface area contributed by atoms with Crippen molar-refractivity contribution < 1.29 is 9.53 Å². The Hall–Kier alpha value is -0.570. The second kappa shape index (κ2) is 8.90. The molecule has 0 saturated carbocycles. The lowest BCUT2D eigenvalue weighted by Gasteiger charge is -2.45. The SMILES string of the molecule is CCCCCCCCCC(=O)OC1CC(C)(C)NC(C)(C)C1. The van der Waals surface area contributed by atoms with E-state index in [0.29, 0.717) is 6.42 Å². The zero-order valence-corrected chi connectivity index (χ0v) is 15.5. The number of carbonyl (C=O) groups excluding carboxylic acids is 1. The molecule has 1 aliphatic rings. The third-order valence-corrected chi connectivity index (χ3v) is 4.44. The van der Waals surface area contributed by atoms with Crippen molar-refractivity contribution in [3.05, 3.63) is 0 Å². The molecule has 0 amide bonds. The zero-order valence-electron chi connectivity index (χ0n) is 15.5. The summed E-state index contributed by atoms with van der Waals surface area (Å²) in [6.07, 6.45) is 11.1. The Bertz CT molecular complexity index is 320. The second-order valence-electron chi connectivity index (χ2n) is 8.28. The number of rotatable bonds is 9. The summed E-state index contributed by atoms with van der Waals surface area (Å²) in [4.78, 5) is 12.0. The van der Waals surface area contributed by atoms with Gasteiger partial charge in [0.2, 0.25) is 0 Å². The van der Waals surface area contributed by atoms with Crippen molar-refractivity contribution in [3.63, 3.8) is 0 Å². The quantitative estimate of drug-likeness (QED) is 0.482. The molecule has 22 heavy (non-hydrogen) atoms. The average molecular weight is 312 g/mol. The van der Waals surface area contributed by atoms with Gasteiger partial charge in [-0.15, -0.1) is 0 Å². The predicted octanol–water partition coefficient (Wildman–Crippen LogP) is 4.98. The molecule has 0 spiro atoms. The van der Waals surface area contributed by atoms with Gasteiger partial charge < -0.3 is 10.1 Å². The molecule has 0 atom stereocenters. The summed E-state index contributed by atoms with van der Waals surface area (Å²) >= 11 is 0. The third kappa shape index (κ3) is 8.17. The molecule has 0 bridgehead atoms. The number of unbranched alkanes of at least 4 members (excludes halogenated alkanes) is 6. The first-order chi connectivity index (χ1) is 10.2. The molecule has 1 aliphatic heterocycles. The van der Waals surface area contributed by atoms with Crippen molar-refractivity contribution in [1.82, 2.24) is 5.32 Å². The maximum absolute atomic E-state index is 12.0. The molecule has 0 radical (unpaired) electrons. The number of esters is 1. The molecule has 1 fully saturated rings. The van der Waals surface area contributed by atoms with E-state index in [1.165, 1.54) is 32.1 Å². The molecule has 1 heterocycles. The van der Waals surface area contributed by atoms with Gasteiger partial charge in [0.25, 0.3) is 0 Å². The standard InChI is InChI=1S/C19H37NO2/c1-6-7-8-9-10-11-12-13-17(21)22-16-14-18(2,3)20-19(4,5)15-16/h16,20H,6-15H2,1-5H3. The number of piperidine rings is 1. The van der Waals surface area contributed by atoms with Crippen LogP contribution in [-0.2, 0) is 9.53 Å². The van der Waals surface area contributed by atoms with E-state index in [-0.39, 0.29) is 23.2 Å². The smallest absolute Gasteiger partial charge is 0.306 e. The first-order valence-corrected chi connectivity index (χ1v) is 9.23. The van der Waals surface area contributed by atoms with Gasteiger partial charge >= 0.3 is 5.97 Å². The van der Waals surface area contributed by atoms with Crippen LogP contribution >= 0.6 is 0 Å². The number of hydrogen-bond acceptors (Lipinski definition) is 3. The van der Waals surface area contributed by atoms with Gasteiger partial charge in [0.15, 0.2) is 0 Å². The van der Waals surface area contributed by atoms with E-state index in [4.69, 9.17) is 4.74 Å². The molecule has 0 aromatic heterocycles. The molecular formula is C19H37NO2. The normalized spacial score (nSPS) is 20.8. The number of ether oxygens (including phenoxy) is 1. The minimum Gasteiger partial charge on any atom is -0.462 e. The molecule has 130 valence electrons. The highest BCUT2D eigenvalue weighted by atomic mass is 16.5. The molecule has 0 aromatic carbocycles. The Morgan fingerprint density at radius 3 is 2.00 bits per heavy atom. The Morgan fingerprint density at radius 1 is 0.955 bits per heavy atom. The average Bonchev–Trinajstić information content (AvgIpc) is 2.33. The van der Waals surface area contributed by atoms with Crippen molar-refractivity contribution >= 4 is 5.97 Å². The fourth-order valence-electron chi connectivity index (χ4n) is 3.78. The van der Waals surface area contributed by atoms with Crippen LogP contribution < -0.4 is 5.32 Å². The minimum absolute atomic E-state index is 0.00735.